The van der Waals surface area contributed by atoms with Crippen molar-refractivity contribution in [3.05, 3.63) is 69.8 Å². The van der Waals surface area contributed by atoms with Crippen molar-refractivity contribution in [3.8, 4) is 12.3 Å². The lowest BCUT2D eigenvalue weighted by Crippen LogP contribution is -2.25. The van der Waals surface area contributed by atoms with Gasteiger partial charge in [0, 0.05) is 30.9 Å². The van der Waals surface area contributed by atoms with Crippen molar-refractivity contribution in [2.24, 2.45) is 0 Å². The van der Waals surface area contributed by atoms with Gasteiger partial charge in [0.2, 0.25) is 0 Å². The molecule has 1 amide bonds. The maximum Gasteiger partial charge on any atom is 0.258 e. The molecule has 0 atom stereocenters. The molecule has 154 valence electrons. The number of aryl methyl sites for hydroxylation is 1. The molecule has 0 saturated carbocycles. The number of aliphatic hydroxyl groups excluding tert-OH is 1. The van der Waals surface area contributed by atoms with Crippen LogP contribution in [0.3, 0.4) is 0 Å². The number of hydrogen-bond acceptors (Lipinski definition) is 5. The number of carbonyl (C=O) groups excluding carboxylic acids is 1. The molecular formula is C23H24N4O3. The molecule has 0 spiro atoms. The molecule has 3 rings (SSSR count). The van der Waals surface area contributed by atoms with E-state index in [2.05, 4.69) is 21.2 Å². The van der Waals surface area contributed by atoms with Gasteiger partial charge >= 0.3 is 0 Å². The maximum absolute atomic E-state index is 12.2. The minimum absolute atomic E-state index is 0.0383. The Balaban J connectivity index is 1.79. The van der Waals surface area contributed by atoms with E-state index in [4.69, 9.17) is 11.5 Å². The first kappa shape index (κ1) is 21.1. The number of carbonyl (C=O) groups is 1. The standard InChI is InChI=1S/C23H24N4O3/c1-3-12-27(19-8-6-18(7-9-19)22(29)24-11-4-13-28)15-17-5-10-21-20(14-17)23(30)26-16(2)25-21/h1,5-10,14,28H,4,11-13,15H2,2H3,(H,24,29)(H,25,26,30). The molecule has 2 aromatic carbocycles. The lowest BCUT2D eigenvalue weighted by molar-refractivity contribution is 0.0951. The number of nitrogens with one attached hydrogen (secondary N) is 2. The molecule has 0 unspecified atom stereocenters. The Bertz CT molecular complexity index is 1130. The zero-order valence-electron chi connectivity index (χ0n) is 16.8. The lowest BCUT2D eigenvalue weighted by Gasteiger charge is -2.23. The number of hydrogen-bond donors (Lipinski definition) is 3. The van der Waals surface area contributed by atoms with Crippen LogP contribution >= 0.6 is 0 Å². The third-order valence-electron chi connectivity index (χ3n) is 4.66. The Labute approximate surface area is 174 Å². The highest BCUT2D eigenvalue weighted by Crippen LogP contribution is 2.19. The average Bonchev–Trinajstić information content (AvgIpc) is 2.74. The molecule has 1 heterocycles. The Morgan fingerprint density at radius 2 is 2.03 bits per heavy atom. The molecule has 3 aromatic rings. The van der Waals surface area contributed by atoms with Gasteiger partial charge in [-0.15, -0.1) is 6.42 Å². The summed E-state index contributed by atoms with van der Waals surface area (Å²) in [6.45, 7) is 3.10. The summed E-state index contributed by atoms with van der Waals surface area (Å²) in [5.74, 6) is 3.05. The summed E-state index contributed by atoms with van der Waals surface area (Å²) in [6.07, 6.45) is 6.07. The maximum atomic E-state index is 12.2. The smallest absolute Gasteiger partial charge is 0.258 e. The number of terminal acetylenes is 1. The fourth-order valence-corrected chi connectivity index (χ4v) is 3.18. The first-order valence-electron chi connectivity index (χ1n) is 9.69. The van der Waals surface area contributed by atoms with Gasteiger partial charge in [0.05, 0.1) is 17.4 Å². The first-order chi connectivity index (χ1) is 14.5. The van der Waals surface area contributed by atoms with Crippen molar-refractivity contribution in [1.82, 2.24) is 15.3 Å². The van der Waals surface area contributed by atoms with E-state index in [1.54, 1.807) is 19.1 Å². The van der Waals surface area contributed by atoms with E-state index >= 15 is 0 Å². The summed E-state index contributed by atoms with van der Waals surface area (Å²) in [5.41, 5.74) is 2.83. The molecule has 0 fully saturated rings. The van der Waals surface area contributed by atoms with Gasteiger partial charge in [-0.1, -0.05) is 12.0 Å². The molecule has 30 heavy (non-hydrogen) atoms. The van der Waals surface area contributed by atoms with E-state index < -0.39 is 0 Å². The summed E-state index contributed by atoms with van der Waals surface area (Å²) in [7, 11) is 0. The lowest BCUT2D eigenvalue weighted by atomic mass is 10.1. The van der Waals surface area contributed by atoms with Crippen molar-refractivity contribution in [2.75, 3.05) is 24.6 Å². The second kappa shape index (κ2) is 9.72. The zero-order valence-corrected chi connectivity index (χ0v) is 16.8. The first-order valence-corrected chi connectivity index (χ1v) is 9.69. The van der Waals surface area contributed by atoms with E-state index in [9.17, 15) is 9.59 Å². The van der Waals surface area contributed by atoms with Crippen molar-refractivity contribution < 1.29 is 9.90 Å². The Morgan fingerprint density at radius 1 is 1.27 bits per heavy atom. The molecule has 3 N–H and O–H groups in total. The van der Waals surface area contributed by atoms with Gasteiger partial charge in [-0.2, -0.15) is 0 Å². The highest BCUT2D eigenvalue weighted by Gasteiger charge is 2.11. The van der Waals surface area contributed by atoms with Crippen LogP contribution in [0, 0.1) is 19.3 Å². The third-order valence-corrected chi connectivity index (χ3v) is 4.66. The molecule has 0 aliphatic rings. The number of aliphatic hydroxyl groups is 1. The normalized spacial score (nSPS) is 10.6. The van der Waals surface area contributed by atoms with Crippen LogP contribution in [0.5, 0.6) is 0 Å². The molecule has 0 bridgehead atoms. The van der Waals surface area contributed by atoms with Gasteiger partial charge in [0.25, 0.3) is 11.5 Å². The monoisotopic (exact) mass is 404 g/mol. The van der Waals surface area contributed by atoms with Crippen LogP contribution in [-0.4, -0.2) is 40.7 Å². The molecule has 0 aliphatic heterocycles. The predicted octanol–water partition coefficient (Wildman–Crippen LogP) is 1.98. The molecule has 7 nitrogen and oxygen atoms in total. The number of fused-ring (bicyclic) bond motifs is 1. The number of aromatic amines is 1. The van der Waals surface area contributed by atoms with Gasteiger partial charge in [0.15, 0.2) is 0 Å². The number of rotatable bonds is 8. The van der Waals surface area contributed by atoms with E-state index in [0.29, 0.717) is 48.3 Å². The summed E-state index contributed by atoms with van der Waals surface area (Å²) in [4.78, 5) is 33.4. The minimum Gasteiger partial charge on any atom is -0.396 e. The molecule has 0 aliphatic carbocycles. The minimum atomic E-state index is -0.185. The van der Waals surface area contributed by atoms with Crippen LogP contribution in [0.4, 0.5) is 5.69 Å². The largest absolute Gasteiger partial charge is 0.396 e. The zero-order chi connectivity index (χ0) is 21.5. The highest BCUT2D eigenvalue weighted by molar-refractivity contribution is 5.94. The van der Waals surface area contributed by atoms with Crippen LogP contribution < -0.4 is 15.8 Å². The van der Waals surface area contributed by atoms with Crippen LogP contribution in [-0.2, 0) is 6.54 Å². The average molecular weight is 404 g/mol. The number of nitrogens with zero attached hydrogens (tertiary/aromatic N) is 2. The van der Waals surface area contributed by atoms with E-state index in [1.165, 1.54) is 0 Å². The van der Waals surface area contributed by atoms with Gasteiger partial charge in [0.1, 0.15) is 5.82 Å². The van der Waals surface area contributed by atoms with Crippen LogP contribution in [0.15, 0.2) is 47.3 Å². The number of anilines is 1. The van der Waals surface area contributed by atoms with Crippen molar-refractivity contribution >= 4 is 22.5 Å². The SMILES string of the molecule is C#CCN(Cc1ccc2nc(C)[nH]c(=O)c2c1)c1ccc(C(=O)NCCCO)cc1. The second-order valence-corrected chi connectivity index (χ2v) is 6.94. The Kier molecular flexibility index (Phi) is 6.83. The Hall–Kier alpha value is -3.63. The van der Waals surface area contributed by atoms with Crippen molar-refractivity contribution in [3.63, 3.8) is 0 Å². The number of benzene rings is 2. The van der Waals surface area contributed by atoms with Crippen molar-refractivity contribution in [1.29, 1.82) is 0 Å². The van der Waals surface area contributed by atoms with E-state index in [1.807, 2.05) is 35.2 Å². The number of aromatic nitrogens is 2. The summed E-state index contributed by atoms with van der Waals surface area (Å²) >= 11 is 0. The molecule has 1 aromatic heterocycles. The van der Waals surface area contributed by atoms with Crippen LogP contribution in [0.25, 0.3) is 10.9 Å². The van der Waals surface area contributed by atoms with Crippen molar-refractivity contribution in [2.45, 2.75) is 19.9 Å². The van der Waals surface area contributed by atoms with E-state index in [-0.39, 0.29) is 18.1 Å². The molecule has 7 heteroatoms. The van der Waals surface area contributed by atoms with E-state index in [0.717, 1.165) is 11.3 Å². The quantitative estimate of drug-likeness (QED) is 0.394. The topological polar surface area (TPSA) is 98.3 Å². The van der Waals surface area contributed by atoms with Gasteiger partial charge in [-0.25, -0.2) is 4.98 Å². The fraction of sp³-hybridized carbons (Fsp3) is 0.261. The number of amides is 1. The van der Waals surface area contributed by atoms with Gasteiger partial charge in [-0.05, 0) is 55.3 Å². The van der Waals surface area contributed by atoms with Crippen LogP contribution in [0.2, 0.25) is 0 Å². The summed E-state index contributed by atoms with van der Waals surface area (Å²) < 4.78 is 0. The highest BCUT2D eigenvalue weighted by atomic mass is 16.3. The molecule has 0 radical (unpaired) electrons. The molecular weight excluding hydrogens is 380 g/mol. The predicted molar refractivity (Wildman–Crippen MR) is 117 cm³/mol. The van der Waals surface area contributed by atoms with Gasteiger partial charge < -0.3 is 20.3 Å². The Morgan fingerprint density at radius 3 is 2.73 bits per heavy atom. The molecule has 0 saturated heterocycles. The summed E-state index contributed by atoms with van der Waals surface area (Å²) in [5, 5.41) is 12.1. The van der Waals surface area contributed by atoms with Gasteiger partial charge in [-0.3, -0.25) is 9.59 Å². The third kappa shape index (κ3) is 5.04. The summed E-state index contributed by atoms with van der Waals surface area (Å²) in [6, 6.07) is 12.8. The second-order valence-electron chi connectivity index (χ2n) is 6.94. The van der Waals surface area contributed by atoms with Crippen LogP contribution in [0.1, 0.15) is 28.2 Å². The number of H-pyrrole nitrogens is 1. The fourth-order valence-electron chi connectivity index (χ4n) is 3.18.